The molecule has 1 atom stereocenters. The number of hydrogen-bond donors (Lipinski definition) is 2. The molecule has 1 aromatic rings. The number of nitrogens with one attached hydrogen (secondary N) is 1. The summed E-state index contributed by atoms with van der Waals surface area (Å²) in [6, 6.07) is 4.53. The third-order valence-corrected chi connectivity index (χ3v) is 6.67. The first-order valence-electron chi connectivity index (χ1n) is 11.7. The van der Waals surface area contributed by atoms with Crippen LogP contribution in [-0.2, 0) is 15.0 Å². The van der Waals surface area contributed by atoms with Crippen molar-refractivity contribution in [2.45, 2.75) is 64.5 Å². The molecule has 0 saturated carbocycles. The second kappa shape index (κ2) is 10.2. The van der Waals surface area contributed by atoms with E-state index < -0.39 is 23.8 Å². The van der Waals surface area contributed by atoms with Crippen molar-refractivity contribution in [1.82, 2.24) is 15.1 Å². The van der Waals surface area contributed by atoms with Crippen LogP contribution in [0, 0.1) is 0 Å². The zero-order chi connectivity index (χ0) is 26.1. The number of piperidine rings is 1. The summed E-state index contributed by atoms with van der Waals surface area (Å²) in [6.07, 6.45) is -2.83. The number of fused-ring (bicyclic) bond motifs is 1. The third-order valence-electron chi connectivity index (χ3n) is 6.67. The summed E-state index contributed by atoms with van der Waals surface area (Å²) in [4.78, 5) is 53.8. The van der Waals surface area contributed by atoms with Gasteiger partial charge in [0.15, 0.2) is 0 Å². The molecule has 2 aliphatic rings. The number of benzene rings is 1. The highest BCUT2D eigenvalue weighted by Crippen LogP contribution is 2.42. The molecule has 2 aliphatic heterocycles. The number of halogens is 2. The second-order valence-electron chi connectivity index (χ2n) is 9.74. The highest BCUT2D eigenvalue weighted by atomic mass is 19.3. The predicted molar refractivity (Wildman–Crippen MR) is 125 cm³/mol. The van der Waals surface area contributed by atoms with Gasteiger partial charge >= 0.3 is 12.5 Å². The van der Waals surface area contributed by atoms with E-state index in [-0.39, 0.29) is 43.5 Å². The molecule has 0 unspecified atom stereocenters. The summed E-state index contributed by atoms with van der Waals surface area (Å²) in [5.41, 5.74) is 0.658. The van der Waals surface area contributed by atoms with Crippen molar-refractivity contribution in [2.75, 3.05) is 31.1 Å². The Kier molecular flexibility index (Phi) is 7.66. The van der Waals surface area contributed by atoms with Gasteiger partial charge in [0.05, 0.1) is 11.5 Å². The number of hydrogen-bond acceptors (Lipinski definition) is 4. The Morgan fingerprint density at radius 2 is 1.94 bits per heavy atom. The van der Waals surface area contributed by atoms with E-state index in [1.54, 1.807) is 36.9 Å². The molecular weight excluding hydrogens is 462 g/mol. The minimum absolute atomic E-state index is 0.0184. The van der Waals surface area contributed by atoms with Crippen molar-refractivity contribution in [1.29, 1.82) is 0 Å². The van der Waals surface area contributed by atoms with Crippen LogP contribution in [0.15, 0.2) is 18.2 Å². The van der Waals surface area contributed by atoms with E-state index >= 15 is 0 Å². The van der Waals surface area contributed by atoms with Crippen LogP contribution in [0.2, 0.25) is 0 Å². The molecule has 0 aliphatic carbocycles. The maximum atomic E-state index is 13.6. The highest BCUT2D eigenvalue weighted by molar-refractivity contribution is 6.09. The lowest BCUT2D eigenvalue weighted by Crippen LogP contribution is -2.53. The first-order valence-corrected chi connectivity index (χ1v) is 11.7. The van der Waals surface area contributed by atoms with Gasteiger partial charge in [-0.25, -0.2) is 4.79 Å². The first kappa shape index (κ1) is 26.4. The van der Waals surface area contributed by atoms with E-state index in [2.05, 4.69) is 5.32 Å². The Morgan fingerprint density at radius 3 is 2.54 bits per heavy atom. The van der Waals surface area contributed by atoms with E-state index in [1.165, 1.54) is 9.80 Å². The van der Waals surface area contributed by atoms with E-state index in [1.807, 2.05) is 13.8 Å². The topological polar surface area (TPSA) is 110 Å². The molecule has 1 aromatic carbocycles. The number of likely N-dealkylation sites (tertiary alicyclic amines) is 1. The molecule has 0 aromatic heterocycles. The van der Waals surface area contributed by atoms with E-state index in [9.17, 15) is 33.1 Å². The fraction of sp³-hybridized carbons (Fsp3) is 0.583. The van der Waals surface area contributed by atoms with Crippen molar-refractivity contribution in [2.24, 2.45) is 0 Å². The van der Waals surface area contributed by atoms with Crippen LogP contribution in [-0.4, -0.2) is 83.4 Å². The predicted octanol–water partition coefficient (Wildman–Crippen LogP) is 2.69. The Morgan fingerprint density at radius 1 is 1.26 bits per heavy atom. The summed E-state index contributed by atoms with van der Waals surface area (Å²) in [5.74, 6) is -1.94. The first-order chi connectivity index (χ1) is 16.4. The van der Waals surface area contributed by atoms with Gasteiger partial charge in [0.1, 0.15) is 0 Å². The van der Waals surface area contributed by atoms with E-state index in [0.29, 0.717) is 36.2 Å². The number of carbonyl (C=O) groups excluding carboxylic acids is 3. The Hall–Kier alpha value is -3.24. The van der Waals surface area contributed by atoms with Crippen LogP contribution in [0.1, 0.15) is 56.5 Å². The Labute approximate surface area is 203 Å². The monoisotopic (exact) mass is 494 g/mol. The van der Waals surface area contributed by atoms with Crippen LogP contribution in [0.4, 0.5) is 19.3 Å². The van der Waals surface area contributed by atoms with Crippen LogP contribution >= 0.6 is 0 Å². The van der Waals surface area contributed by atoms with Gasteiger partial charge in [0.25, 0.3) is 11.8 Å². The van der Waals surface area contributed by atoms with Crippen molar-refractivity contribution >= 4 is 29.5 Å². The number of carboxylic acid groups (broad SMARTS) is 1. The van der Waals surface area contributed by atoms with Gasteiger partial charge in [-0.15, -0.1) is 0 Å². The van der Waals surface area contributed by atoms with E-state index in [0.717, 1.165) is 0 Å². The smallest absolute Gasteiger partial charge is 0.407 e. The van der Waals surface area contributed by atoms with Gasteiger partial charge in [-0.3, -0.25) is 14.4 Å². The van der Waals surface area contributed by atoms with Gasteiger partial charge in [0.2, 0.25) is 5.91 Å². The van der Waals surface area contributed by atoms with E-state index in [4.69, 9.17) is 0 Å². The third kappa shape index (κ3) is 5.23. The molecule has 2 N–H and O–H groups in total. The molecule has 0 radical (unpaired) electrons. The van der Waals surface area contributed by atoms with Gasteiger partial charge in [0, 0.05) is 43.5 Å². The maximum Gasteiger partial charge on any atom is 0.407 e. The standard InChI is InChI=1S/C24H32F2N4O5/c1-14(2)30(16-6-5-10-28(13-16)23(34)35)21(32)15-7-8-17-18(12-15)29(22(33)24(17,3)4)11-9-27-20(31)19(25)26/h7-8,12,14,16,19H,5-6,9-11,13H2,1-4H3,(H,27,31)(H,34,35)/t16-/m1/s1. The molecular formula is C24H32F2N4O5. The van der Waals surface area contributed by atoms with Gasteiger partial charge < -0.3 is 25.1 Å². The highest BCUT2D eigenvalue weighted by Gasteiger charge is 2.44. The quantitative estimate of drug-likeness (QED) is 0.606. The molecule has 0 bridgehead atoms. The van der Waals surface area contributed by atoms with Crippen LogP contribution in [0.3, 0.4) is 0 Å². The molecule has 1 fully saturated rings. The number of nitrogens with zero attached hydrogens (tertiary/aromatic N) is 3. The fourth-order valence-electron chi connectivity index (χ4n) is 4.90. The normalized spacial score (nSPS) is 19.2. The zero-order valence-corrected chi connectivity index (χ0v) is 20.4. The van der Waals surface area contributed by atoms with Gasteiger partial charge in [-0.05, 0) is 58.2 Å². The molecule has 11 heteroatoms. The fourth-order valence-corrected chi connectivity index (χ4v) is 4.90. The van der Waals surface area contributed by atoms with Crippen molar-refractivity contribution in [3.63, 3.8) is 0 Å². The molecule has 0 spiro atoms. The lowest BCUT2D eigenvalue weighted by molar-refractivity contribution is -0.131. The number of alkyl halides is 2. The molecule has 35 heavy (non-hydrogen) atoms. The lowest BCUT2D eigenvalue weighted by Gasteiger charge is -2.40. The van der Waals surface area contributed by atoms with Crippen LogP contribution in [0.5, 0.6) is 0 Å². The van der Waals surface area contributed by atoms with Crippen molar-refractivity contribution < 1.29 is 33.1 Å². The summed E-state index contributed by atoms with van der Waals surface area (Å²) < 4.78 is 25.0. The minimum Gasteiger partial charge on any atom is -0.465 e. The lowest BCUT2D eigenvalue weighted by atomic mass is 9.85. The minimum atomic E-state index is -3.14. The summed E-state index contributed by atoms with van der Waals surface area (Å²) in [7, 11) is 0. The number of rotatable bonds is 7. The number of carbonyl (C=O) groups is 4. The zero-order valence-electron chi connectivity index (χ0n) is 20.4. The van der Waals surface area contributed by atoms with Crippen LogP contribution in [0.25, 0.3) is 0 Å². The summed E-state index contributed by atoms with van der Waals surface area (Å²) >= 11 is 0. The molecule has 1 saturated heterocycles. The van der Waals surface area contributed by atoms with Gasteiger partial charge in [-0.1, -0.05) is 6.07 Å². The molecule has 9 nitrogen and oxygen atoms in total. The Bertz CT molecular complexity index is 1010. The second-order valence-corrected chi connectivity index (χ2v) is 9.74. The summed E-state index contributed by atoms with van der Waals surface area (Å²) in [6.45, 7) is 7.71. The molecule has 2 heterocycles. The molecule has 3 rings (SSSR count). The number of anilines is 1. The SMILES string of the molecule is CC(C)N(C(=O)c1ccc2c(c1)N(CCNC(=O)C(F)F)C(=O)C2(C)C)[C@@H]1CCCN(C(=O)O)C1. The van der Waals surface area contributed by atoms with Crippen LogP contribution < -0.4 is 10.2 Å². The van der Waals surface area contributed by atoms with Gasteiger partial charge in [-0.2, -0.15) is 8.78 Å². The summed E-state index contributed by atoms with van der Waals surface area (Å²) in [5, 5.41) is 11.5. The maximum absolute atomic E-state index is 13.6. The Balaban J connectivity index is 1.87. The number of amides is 4. The average molecular weight is 495 g/mol. The van der Waals surface area contributed by atoms with Crippen molar-refractivity contribution in [3.8, 4) is 0 Å². The van der Waals surface area contributed by atoms with Crippen molar-refractivity contribution in [3.05, 3.63) is 29.3 Å². The molecule has 192 valence electrons. The largest absolute Gasteiger partial charge is 0.465 e. The molecule has 4 amide bonds. The average Bonchev–Trinajstić information content (AvgIpc) is 2.98.